The van der Waals surface area contributed by atoms with E-state index in [0.717, 1.165) is 23.6 Å². The second-order valence-corrected chi connectivity index (χ2v) is 4.94. The third-order valence-corrected chi connectivity index (χ3v) is 3.28. The van der Waals surface area contributed by atoms with E-state index in [-0.39, 0.29) is 5.88 Å². The first-order chi connectivity index (χ1) is 10.3. The standard InChI is InChI=1S/C16H19ClN2O2/c17-11-15(20)12-19-14-4-6-16(7-5-14)21-10-8-13-3-1-2-9-18-13/h1-7,9,15,19-20H,8,10-12H2. The van der Waals surface area contributed by atoms with Crippen molar-refractivity contribution in [2.45, 2.75) is 12.5 Å². The van der Waals surface area contributed by atoms with Gasteiger partial charge in [0, 0.05) is 30.5 Å². The molecular weight excluding hydrogens is 288 g/mol. The molecule has 0 aliphatic heterocycles. The van der Waals surface area contributed by atoms with Crippen LogP contribution in [0.5, 0.6) is 5.75 Å². The van der Waals surface area contributed by atoms with Crippen molar-refractivity contribution in [2.24, 2.45) is 0 Å². The predicted molar refractivity (Wildman–Crippen MR) is 85.1 cm³/mol. The van der Waals surface area contributed by atoms with Crippen LogP contribution in [0, 0.1) is 0 Å². The Labute approximate surface area is 129 Å². The Bertz CT molecular complexity index is 520. The van der Waals surface area contributed by atoms with Crippen LogP contribution in [0.3, 0.4) is 0 Å². The SMILES string of the molecule is OC(CCl)CNc1ccc(OCCc2ccccn2)cc1. The maximum absolute atomic E-state index is 9.37. The van der Waals surface area contributed by atoms with Crippen LogP contribution in [0.4, 0.5) is 5.69 Å². The molecule has 1 heterocycles. The third-order valence-electron chi connectivity index (χ3n) is 2.93. The van der Waals surface area contributed by atoms with Crippen LogP contribution in [0.15, 0.2) is 48.7 Å². The number of benzene rings is 1. The molecule has 2 aromatic rings. The lowest BCUT2D eigenvalue weighted by Crippen LogP contribution is -2.20. The maximum atomic E-state index is 9.37. The van der Waals surface area contributed by atoms with Crippen LogP contribution in [0.2, 0.25) is 0 Å². The maximum Gasteiger partial charge on any atom is 0.119 e. The first kappa shape index (κ1) is 15.6. The quantitative estimate of drug-likeness (QED) is 0.736. The molecule has 0 aliphatic carbocycles. The number of rotatable bonds is 8. The highest BCUT2D eigenvalue weighted by atomic mass is 35.5. The highest BCUT2D eigenvalue weighted by molar-refractivity contribution is 6.18. The number of aliphatic hydroxyl groups excluding tert-OH is 1. The zero-order valence-electron chi connectivity index (χ0n) is 11.7. The number of aromatic nitrogens is 1. The zero-order chi connectivity index (χ0) is 14.9. The van der Waals surface area contributed by atoms with Gasteiger partial charge in [0.05, 0.1) is 18.6 Å². The Morgan fingerprint density at radius 1 is 1.19 bits per heavy atom. The molecule has 1 aromatic carbocycles. The van der Waals surface area contributed by atoms with Crippen molar-refractivity contribution < 1.29 is 9.84 Å². The summed E-state index contributed by atoms with van der Waals surface area (Å²) < 4.78 is 5.67. The second kappa shape index (κ2) is 8.49. The van der Waals surface area contributed by atoms with Crippen molar-refractivity contribution in [3.05, 3.63) is 54.4 Å². The van der Waals surface area contributed by atoms with Gasteiger partial charge in [-0.15, -0.1) is 11.6 Å². The smallest absolute Gasteiger partial charge is 0.119 e. The summed E-state index contributed by atoms with van der Waals surface area (Å²) in [5.74, 6) is 1.04. The van der Waals surface area contributed by atoms with Gasteiger partial charge in [-0.2, -0.15) is 0 Å². The number of aliphatic hydroxyl groups is 1. The first-order valence-electron chi connectivity index (χ1n) is 6.88. The molecule has 0 amide bonds. The molecule has 0 radical (unpaired) electrons. The minimum Gasteiger partial charge on any atom is -0.493 e. The highest BCUT2D eigenvalue weighted by Gasteiger charge is 2.01. The number of nitrogens with one attached hydrogen (secondary N) is 1. The molecular formula is C16H19ClN2O2. The van der Waals surface area contributed by atoms with Crippen LogP contribution in [0.25, 0.3) is 0 Å². The van der Waals surface area contributed by atoms with Crippen molar-refractivity contribution in [2.75, 3.05) is 24.3 Å². The molecule has 5 heteroatoms. The highest BCUT2D eigenvalue weighted by Crippen LogP contribution is 2.16. The summed E-state index contributed by atoms with van der Waals surface area (Å²) in [6.45, 7) is 1.03. The van der Waals surface area contributed by atoms with Gasteiger partial charge in [-0.3, -0.25) is 4.98 Å². The molecule has 0 fully saturated rings. The fourth-order valence-electron chi connectivity index (χ4n) is 1.78. The molecule has 21 heavy (non-hydrogen) atoms. The number of pyridine rings is 1. The van der Waals surface area contributed by atoms with E-state index in [0.29, 0.717) is 13.2 Å². The molecule has 1 aromatic heterocycles. The van der Waals surface area contributed by atoms with E-state index < -0.39 is 6.10 Å². The average Bonchev–Trinajstić information content (AvgIpc) is 2.55. The van der Waals surface area contributed by atoms with Gasteiger partial charge in [0.15, 0.2) is 0 Å². The van der Waals surface area contributed by atoms with Gasteiger partial charge in [0.1, 0.15) is 5.75 Å². The second-order valence-electron chi connectivity index (χ2n) is 4.63. The summed E-state index contributed by atoms with van der Waals surface area (Å²) >= 11 is 5.54. The first-order valence-corrected chi connectivity index (χ1v) is 7.42. The topological polar surface area (TPSA) is 54.4 Å². The minimum atomic E-state index is -0.541. The van der Waals surface area contributed by atoms with Crippen LogP contribution in [0.1, 0.15) is 5.69 Å². The fraction of sp³-hybridized carbons (Fsp3) is 0.312. The van der Waals surface area contributed by atoms with Gasteiger partial charge in [-0.1, -0.05) is 6.07 Å². The Hall–Kier alpha value is -1.78. The van der Waals surface area contributed by atoms with E-state index in [1.54, 1.807) is 6.20 Å². The number of alkyl halides is 1. The van der Waals surface area contributed by atoms with E-state index in [2.05, 4.69) is 10.3 Å². The number of hydrogen-bond donors (Lipinski definition) is 2. The van der Waals surface area contributed by atoms with Gasteiger partial charge in [-0.25, -0.2) is 0 Å². The normalized spacial score (nSPS) is 11.9. The summed E-state index contributed by atoms with van der Waals surface area (Å²) in [6, 6.07) is 13.5. The number of halogens is 1. The van der Waals surface area contributed by atoms with Gasteiger partial charge in [0.25, 0.3) is 0 Å². The Morgan fingerprint density at radius 3 is 2.67 bits per heavy atom. The number of hydrogen-bond acceptors (Lipinski definition) is 4. The van der Waals surface area contributed by atoms with E-state index >= 15 is 0 Å². The summed E-state index contributed by atoms with van der Waals surface area (Å²) in [4.78, 5) is 4.25. The lowest BCUT2D eigenvalue weighted by atomic mass is 10.2. The van der Waals surface area contributed by atoms with Crippen LogP contribution < -0.4 is 10.1 Å². The lowest BCUT2D eigenvalue weighted by Gasteiger charge is -2.11. The van der Waals surface area contributed by atoms with Crippen LogP contribution >= 0.6 is 11.6 Å². The molecule has 1 unspecified atom stereocenters. The molecule has 1 atom stereocenters. The lowest BCUT2D eigenvalue weighted by molar-refractivity contribution is 0.211. The van der Waals surface area contributed by atoms with E-state index in [1.807, 2.05) is 42.5 Å². The molecule has 0 spiro atoms. The van der Waals surface area contributed by atoms with E-state index in [4.69, 9.17) is 16.3 Å². The molecule has 0 saturated carbocycles. The summed E-state index contributed by atoms with van der Waals surface area (Å²) in [5.41, 5.74) is 1.95. The summed E-state index contributed by atoms with van der Waals surface area (Å²) in [7, 11) is 0. The Balaban J connectivity index is 1.74. The van der Waals surface area contributed by atoms with Gasteiger partial charge < -0.3 is 15.2 Å². The third kappa shape index (κ3) is 5.61. The number of ether oxygens (including phenoxy) is 1. The summed E-state index contributed by atoms with van der Waals surface area (Å²) in [5, 5.41) is 12.5. The van der Waals surface area contributed by atoms with Crippen LogP contribution in [-0.4, -0.2) is 35.2 Å². The van der Waals surface area contributed by atoms with Crippen molar-refractivity contribution in [1.29, 1.82) is 0 Å². The number of nitrogens with zero attached hydrogens (tertiary/aromatic N) is 1. The van der Waals surface area contributed by atoms with E-state index in [1.165, 1.54) is 0 Å². The van der Waals surface area contributed by atoms with E-state index in [9.17, 15) is 5.11 Å². The molecule has 4 nitrogen and oxygen atoms in total. The molecule has 2 N–H and O–H groups in total. The molecule has 0 saturated heterocycles. The van der Waals surface area contributed by atoms with Crippen molar-refractivity contribution in [1.82, 2.24) is 4.98 Å². The van der Waals surface area contributed by atoms with Gasteiger partial charge in [-0.05, 0) is 36.4 Å². The van der Waals surface area contributed by atoms with Crippen LogP contribution in [-0.2, 0) is 6.42 Å². The minimum absolute atomic E-state index is 0.224. The van der Waals surface area contributed by atoms with Crippen molar-refractivity contribution in [3.63, 3.8) is 0 Å². The van der Waals surface area contributed by atoms with Gasteiger partial charge in [0.2, 0.25) is 0 Å². The number of anilines is 1. The largest absolute Gasteiger partial charge is 0.493 e. The summed E-state index contributed by atoms with van der Waals surface area (Å²) in [6.07, 6.45) is 2.02. The molecule has 2 rings (SSSR count). The predicted octanol–water partition coefficient (Wildman–Crippen LogP) is 2.71. The monoisotopic (exact) mass is 306 g/mol. The molecule has 0 bridgehead atoms. The Morgan fingerprint density at radius 2 is 2.00 bits per heavy atom. The molecule has 0 aliphatic rings. The van der Waals surface area contributed by atoms with Crippen molar-refractivity contribution >= 4 is 17.3 Å². The van der Waals surface area contributed by atoms with Gasteiger partial charge >= 0.3 is 0 Å². The average molecular weight is 307 g/mol. The zero-order valence-corrected chi connectivity index (χ0v) is 12.5. The molecule has 112 valence electrons. The van der Waals surface area contributed by atoms with Crippen molar-refractivity contribution in [3.8, 4) is 5.75 Å². The fourth-order valence-corrected chi connectivity index (χ4v) is 1.89. The Kier molecular flexibility index (Phi) is 6.31.